The van der Waals surface area contributed by atoms with Crippen LogP contribution in [-0.2, 0) is 9.59 Å². The molecule has 14 heteroatoms. The van der Waals surface area contributed by atoms with Gasteiger partial charge in [-0.05, 0) is 49.8 Å². The molecule has 3 atom stereocenters. The van der Waals surface area contributed by atoms with Crippen LogP contribution in [0.4, 0.5) is 22.1 Å². The summed E-state index contributed by atoms with van der Waals surface area (Å²) in [6.07, 6.45) is 10.1. The molecule has 0 bridgehead atoms. The number of ether oxygens (including phenoxy) is 1. The maximum atomic E-state index is 13.1. The van der Waals surface area contributed by atoms with E-state index < -0.39 is 6.04 Å². The SMILES string of the molecule is C=C[C@@H](Nc1cc(NC(=O)[C@H]2C[C@@H]2c2nccc(C)n2)nc(OC)n1)c1cn2cc(C3CC3)cc(N3CC(=O)N(C)C3=O)c2n1. The molecule has 3 fully saturated rings. The van der Waals surface area contributed by atoms with Gasteiger partial charge in [0.05, 0.1) is 24.5 Å². The zero-order valence-electron chi connectivity index (χ0n) is 25.1. The van der Waals surface area contributed by atoms with E-state index in [9.17, 15) is 14.4 Å². The number of imidazole rings is 1. The summed E-state index contributed by atoms with van der Waals surface area (Å²) < 4.78 is 7.21. The topological polar surface area (TPSA) is 160 Å². The molecule has 0 spiro atoms. The number of aryl methyl sites for hydroxylation is 1. The lowest BCUT2D eigenvalue weighted by atomic mass is 10.1. The van der Waals surface area contributed by atoms with E-state index in [2.05, 4.69) is 37.1 Å². The Morgan fingerprint density at radius 3 is 2.62 bits per heavy atom. The Labute approximate surface area is 258 Å². The largest absolute Gasteiger partial charge is 0.467 e. The van der Waals surface area contributed by atoms with Crippen molar-refractivity contribution >= 4 is 40.8 Å². The predicted octanol–water partition coefficient (Wildman–Crippen LogP) is 3.59. The number of hydrogen-bond donors (Lipinski definition) is 2. The standard InChI is InChI=1S/C31H32N10O4/c1-5-21(22-14-40-13-18(17-6-7-17)10-23(28(40)35-22)41-15-26(42)39(3)31(41)44)34-24-12-25(38-30(37-24)45-4)36-29(43)20-11-19(20)27-32-9-8-16(2)33-27/h5,8-10,12-14,17,19-21H,1,6-7,11,15H2,2-4H3,(H2,34,36,37,38,43)/t19-,20-,21+/m0/s1. The van der Waals surface area contributed by atoms with Crippen LogP contribution < -0.4 is 20.3 Å². The number of pyridine rings is 1. The molecule has 45 heavy (non-hydrogen) atoms. The lowest BCUT2D eigenvalue weighted by Crippen LogP contribution is -2.30. The molecule has 3 aliphatic rings. The first-order chi connectivity index (χ1) is 21.7. The van der Waals surface area contributed by atoms with Gasteiger partial charge in [0.2, 0.25) is 11.8 Å². The van der Waals surface area contributed by atoms with Gasteiger partial charge in [-0.15, -0.1) is 6.58 Å². The molecule has 14 nitrogen and oxygen atoms in total. The van der Waals surface area contributed by atoms with E-state index in [1.54, 1.807) is 18.3 Å². The van der Waals surface area contributed by atoms with Crippen LogP contribution in [0.15, 0.2) is 49.4 Å². The van der Waals surface area contributed by atoms with Gasteiger partial charge in [0, 0.05) is 49.2 Å². The number of anilines is 3. The van der Waals surface area contributed by atoms with E-state index in [4.69, 9.17) is 9.72 Å². The second-order valence-electron chi connectivity index (χ2n) is 11.6. The summed E-state index contributed by atoms with van der Waals surface area (Å²) in [5.74, 6) is 0.997. The van der Waals surface area contributed by atoms with Crippen LogP contribution in [-0.4, -0.2) is 72.8 Å². The number of carbonyl (C=O) groups is 3. The van der Waals surface area contributed by atoms with Gasteiger partial charge in [0.1, 0.15) is 24.0 Å². The summed E-state index contributed by atoms with van der Waals surface area (Å²) in [5.41, 5.74) is 3.69. The number of carbonyl (C=O) groups excluding carboxylic acids is 3. The molecule has 230 valence electrons. The molecular weight excluding hydrogens is 576 g/mol. The number of nitrogens with one attached hydrogen (secondary N) is 2. The van der Waals surface area contributed by atoms with Crippen LogP contribution in [0, 0.1) is 12.8 Å². The van der Waals surface area contributed by atoms with Crippen molar-refractivity contribution in [3.63, 3.8) is 0 Å². The minimum Gasteiger partial charge on any atom is -0.467 e. The Morgan fingerprint density at radius 1 is 1.13 bits per heavy atom. The number of imide groups is 1. The molecule has 2 aliphatic carbocycles. The number of aromatic nitrogens is 6. The number of fused-ring (bicyclic) bond motifs is 1. The average molecular weight is 609 g/mol. The highest BCUT2D eigenvalue weighted by Gasteiger charge is 2.46. The fourth-order valence-electron chi connectivity index (χ4n) is 5.60. The predicted molar refractivity (Wildman–Crippen MR) is 164 cm³/mol. The Balaban J connectivity index is 1.14. The first kappa shape index (κ1) is 28.4. The van der Waals surface area contributed by atoms with Gasteiger partial charge in [0.15, 0.2) is 5.65 Å². The van der Waals surface area contributed by atoms with Crippen molar-refractivity contribution in [3.8, 4) is 6.01 Å². The highest BCUT2D eigenvalue weighted by molar-refractivity contribution is 6.13. The van der Waals surface area contributed by atoms with Gasteiger partial charge < -0.3 is 19.8 Å². The van der Waals surface area contributed by atoms with Crippen LogP contribution >= 0.6 is 0 Å². The first-order valence-electron chi connectivity index (χ1n) is 14.8. The van der Waals surface area contributed by atoms with Gasteiger partial charge in [-0.3, -0.25) is 19.4 Å². The minimum absolute atomic E-state index is 0.0360. The molecule has 0 radical (unpaired) electrons. The maximum Gasteiger partial charge on any atom is 0.331 e. The summed E-state index contributed by atoms with van der Waals surface area (Å²) in [4.78, 5) is 63.3. The van der Waals surface area contributed by atoms with Crippen molar-refractivity contribution in [2.45, 2.75) is 44.1 Å². The second-order valence-corrected chi connectivity index (χ2v) is 11.6. The van der Waals surface area contributed by atoms with Gasteiger partial charge in [-0.25, -0.2) is 19.7 Å². The number of rotatable bonds is 10. The second kappa shape index (κ2) is 10.9. The molecule has 2 saturated carbocycles. The minimum atomic E-state index is -0.504. The van der Waals surface area contributed by atoms with Gasteiger partial charge >= 0.3 is 12.0 Å². The summed E-state index contributed by atoms with van der Waals surface area (Å²) >= 11 is 0. The zero-order chi connectivity index (χ0) is 31.4. The molecule has 0 unspecified atom stereocenters. The smallest absolute Gasteiger partial charge is 0.331 e. The van der Waals surface area contributed by atoms with Crippen molar-refractivity contribution in [3.05, 3.63) is 72.2 Å². The lowest BCUT2D eigenvalue weighted by Gasteiger charge is -2.17. The third kappa shape index (κ3) is 5.43. The van der Waals surface area contributed by atoms with Gasteiger partial charge in [-0.1, -0.05) is 6.08 Å². The average Bonchev–Trinajstić information content (AvgIpc) is 3.96. The van der Waals surface area contributed by atoms with Crippen molar-refractivity contribution in [2.75, 3.05) is 36.2 Å². The van der Waals surface area contributed by atoms with E-state index in [1.165, 1.54) is 19.1 Å². The highest BCUT2D eigenvalue weighted by atomic mass is 16.5. The fraction of sp³-hybridized carbons (Fsp3) is 0.355. The van der Waals surface area contributed by atoms with E-state index in [1.807, 2.05) is 35.9 Å². The zero-order valence-corrected chi connectivity index (χ0v) is 25.1. The molecule has 2 N–H and O–H groups in total. The van der Waals surface area contributed by atoms with Gasteiger partial charge in [-0.2, -0.15) is 9.97 Å². The van der Waals surface area contributed by atoms with Crippen LogP contribution in [0.25, 0.3) is 5.65 Å². The van der Waals surface area contributed by atoms with Crippen molar-refractivity contribution < 1.29 is 19.1 Å². The number of amides is 4. The maximum absolute atomic E-state index is 13.1. The van der Waals surface area contributed by atoms with Crippen molar-refractivity contribution in [1.82, 2.24) is 34.2 Å². The number of likely N-dealkylation sites (N-methyl/N-ethyl adjacent to an activating group) is 1. The number of urea groups is 1. The van der Waals surface area contributed by atoms with Crippen LogP contribution in [0.5, 0.6) is 6.01 Å². The Hall–Kier alpha value is -5.40. The Kier molecular flexibility index (Phi) is 6.90. The fourth-order valence-corrected chi connectivity index (χ4v) is 5.60. The number of nitrogens with zero attached hydrogens (tertiary/aromatic N) is 8. The van der Waals surface area contributed by atoms with Crippen LogP contribution in [0.1, 0.15) is 59.9 Å². The Bertz CT molecular complexity index is 1870. The monoisotopic (exact) mass is 608 g/mol. The van der Waals surface area contributed by atoms with Crippen molar-refractivity contribution in [2.24, 2.45) is 5.92 Å². The third-order valence-electron chi connectivity index (χ3n) is 8.37. The molecule has 1 saturated heterocycles. The molecule has 1 aliphatic heterocycles. The summed E-state index contributed by atoms with van der Waals surface area (Å²) in [5, 5.41) is 6.18. The third-order valence-corrected chi connectivity index (χ3v) is 8.37. The lowest BCUT2D eigenvalue weighted by molar-refractivity contribution is -0.124. The van der Waals surface area contributed by atoms with E-state index in [0.717, 1.165) is 29.0 Å². The summed E-state index contributed by atoms with van der Waals surface area (Å²) in [6, 6.07) is 4.59. The molecule has 0 aromatic carbocycles. The first-order valence-corrected chi connectivity index (χ1v) is 14.8. The molecule has 4 amide bonds. The normalized spacial score (nSPS) is 20.0. The molecule has 4 aromatic heterocycles. The van der Waals surface area contributed by atoms with Crippen LogP contribution in [0.2, 0.25) is 0 Å². The summed E-state index contributed by atoms with van der Waals surface area (Å²) in [6.45, 7) is 5.85. The van der Waals surface area contributed by atoms with Crippen LogP contribution in [0.3, 0.4) is 0 Å². The van der Waals surface area contributed by atoms with E-state index in [0.29, 0.717) is 41.0 Å². The molecule has 4 aromatic rings. The van der Waals surface area contributed by atoms with Gasteiger partial charge in [0.25, 0.3) is 0 Å². The van der Waals surface area contributed by atoms with E-state index in [-0.39, 0.29) is 48.1 Å². The van der Waals surface area contributed by atoms with E-state index >= 15 is 0 Å². The quantitative estimate of drug-likeness (QED) is 0.201. The van der Waals surface area contributed by atoms with Crippen molar-refractivity contribution in [1.29, 1.82) is 0 Å². The Morgan fingerprint density at radius 2 is 1.93 bits per heavy atom. The number of methoxy groups -OCH3 is 1. The summed E-state index contributed by atoms with van der Waals surface area (Å²) in [7, 11) is 2.93. The molecule has 7 rings (SSSR count). The number of hydrogen-bond acceptors (Lipinski definition) is 10. The molecule has 5 heterocycles. The highest BCUT2D eigenvalue weighted by Crippen LogP contribution is 2.46. The molecular formula is C31H32N10O4.